The molecule has 5 heteroatoms. The second-order valence-corrected chi connectivity index (χ2v) is 5.96. The lowest BCUT2D eigenvalue weighted by Crippen LogP contribution is -2.13. The molecule has 0 radical (unpaired) electrons. The summed E-state index contributed by atoms with van der Waals surface area (Å²) >= 11 is 5.89. The summed E-state index contributed by atoms with van der Waals surface area (Å²) < 4.78 is 26.8. The van der Waals surface area contributed by atoms with E-state index in [1.807, 2.05) is 13.0 Å². The minimum Gasteiger partial charge on any atom is -0.280 e. The van der Waals surface area contributed by atoms with Crippen molar-refractivity contribution >= 4 is 27.3 Å². The van der Waals surface area contributed by atoms with Gasteiger partial charge >= 0.3 is 0 Å². The Morgan fingerprint density at radius 2 is 1.78 bits per heavy atom. The maximum Gasteiger partial charge on any atom is 0.263 e. The van der Waals surface area contributed by atoms with Gasteiger partial charge < -0.3 is 0 Å². The number of hydrogen-bond acceptors (Lipinski definition) is 2. The van der Waals surface area contributed by atoms with E-state index in [4.69, 9.17) is 11.6 Å². The first kappa shape index (κ1) is 12.9. The predicted octanol–water partition coefficient (Wildman–Crippen LogP) is 3.45. The van der Waals surface area contributed by atoms with Crippen LogP contribution in [0.25, 0.3) is 0 Å². The lowest BCUT2D eigenvalue weighted by molar-refractivity contribution is 0.601. The monoisotopic (exact) mass is 281 g/mol. The van der Waals surface area contributed by atoms with Gasteiger partial charge in [-0.3, -0.25) is 4.72 Å². The Morgan fingerprint density at radius 3 is 2.44 bits per heavy atom. The molecule has 1 N–H and O–H groups in total. The number of nitrogens with one attached hydrogen (secondary N) is 1. The molecular formula is C13H12ClNO2S. The third-order valence-corrected chi connectivity index (χ3v) is 4.28. The summed E-state index contributed by atoms with van der Waals surface area (Å²) in [7, 11) is -3.64. The van der Waals surface area contributed by atoms with Gasteiger partial charge in [0.1, 0.15) is 4.90 Å². The van der Waals surface area contributed by atoms with Crippen LogP contribution in [0.2, 0.25) is 5.02 Å². The second-order valence-electron chi connectivity index (χ2n) is 3.91. The van der Waals surface area contributed by atoms with Crippen LogP contribution in [-0.2, 0) is 10.0 Å². The molecule has 0 aliphatic rings. The standard InChI is InChI=1S/C13H12ClNO2S/c1-10-5-4-6-11(9-10)15-18(16,17)13-8-3-2-7-12(13)14/h2-9,15H,1H3. The lowest BCUT2D eigenvalue weighted by Gasteiger charge is -2.09. The van der Waals surface area contributed by atoms with Gasteiger partial charge in [-0.1, -0.05) is 35.9 Å². The summed E-state index contributed by atoms with van der Waals surface area (Å²) in [5, 5.41) is 0.206. The predicted molar refractivity (Wildman–Crippen MR) is 73.4 cm³/mol. The van der Waals surface area contributed by atoms with E-state index in [-0.39, 0.29) is 9.92 Å². The molecule has 0 aliphatic carbocycles. The lowest BCUT2D eigenvalue weighted by atomic mass is 10.2. The van der Waals surface area contributed by atoms with Gasteiger partial charge in [0.05, 0.1) is 5.02 Å². The molecule has 0 atom stereocenters. The third-order valence-electron chi connectivity index (χ3n) is 2.40. The Labute approximate surface area is 111 Å². The highest BCUT2D eigenvalue weighted by Crippen LogP contribution is 2.23. The minimum atomic E-state index is -3.64. The molecule has 0 aromatic heterocycles. The molecule has 0 saturated carbocycles. The van der Waals surface area contributed by atoms with Crippen LogP contribution in [0, 0.1) is 6.92 Å². The van der Waals surface area contributed by atoms with E-state index in [9.17, 15) is 8.42 Å². The second kappa shape index (κ2) is 5.00. The van der Waals surface area contributed by atoms with E-state index < -0.39 is 10.0 Å². The van der Waals surface area contributed by atoms with Crippen molar-refractivity contribution in [2.45, 2.75) is 11.8 Å². The summed E-state index contributed by atoms with van der Waals surface area (Å²) in [5.74, 6) is 0. The summed E-state index contributed by atoms with van der Waals surface area (Å²) in [5.41, 5.74) is 1.50. The quantitative estimate of drug-likeness (QED) is 0.937. The van der Waals surface area contributed by atoms with Gasteiger partial charge in [-0.05, 0) is 36.8 Å². The van der Waals surface area contributed by atoms with Crippen LogP contribution in [0.15, 0.2) is 53.4 Å². The maximum absolute atomic E-state index is 12.1. The zero-order valence-corrected chi connectivity index (χ0v) is 11.3. The molecule has 2 rings (SSSR count). The van der Waals surface area contributed by atoms with Crippen LogP contribution in [-0.4, -0.2) is 8.42 Å². The molecule has 18 heavy (non-hydrogen) atoms. The molecule has 0 spiro atoms. The van der Waals surface area contributed by atoms with Crippen molar-refractivity contribution in [3.05, 3.63) is 59.1 Å². The normalized spacial score (nSPS) is 11.2. The zero-order chi connectivity index (χ0) is 13.2. The van der Waals surface area contributed by atoms with Crippen LogP contribution in [0.3, 0.4) is 0 Å². The number of aryl methyl sites for hydroxylation is 1. The van der Waals surface area contributed by atoms with Crippen molar-refractivity contribution < 1.29 is 8.42 Å². The highest BCUT2D eigenvalue weighted by Gasteiger charge is 2.17. The van der Waals surface area contributed by atoms with Crippen molar-refractivity contribution in [2.75, 3.05) is 4.72 Å². The smallest absolute Gasteiger partial charge is 0.263 e. The molecule has 0 amide bonds. The largest absolute Gasteiger partial charge is 0.280 e. The van der Waals surface area contributed by atoms with Crippen LogP contribution >= 0.6 is 11.6 Å². The first-order valence-electron chi connectivity index (χ1n) is 5.33. The average Bonchev–Trinajstić information content (AvgIpc) is 2.28. The highest BCUT2D eigenvalue weighted by molar-refractivity contribution is 7.92. The van der Waals surface area contributed by atoms with Crippen molar-refractivity contribution in [3.8, 4) is 0 Å². The van der Waals surface area contributed by atoms with E-state index in [1.165, 1.54) is 6.07 Å². The van der Waals surface area contributed by atoms with Crippen molar-refractivity contribution in [1.29, 1.82) is 0 Å². The first-order valence-corrected chi connectivity index (χ1v) is 7.19. The van der Waals surface area contributed by atoms with E-state index in [2.05, 4.69) is 4.72 Å². The number of rotatable bonds is 3. The number of sulfonamides is 1. The van der Waals surface area contributed by atoms with E-state index in [0.29, 0.717) is 5.69 Å². The Bertz CT molecular complexity index is 668. The van der Waals surface area contributed by atoms with Gasteiger partial charge in [0, 0.05) is 5.69 Å². The summed E-state index contributed by atoms with van der Waals surface area (Å²) in [4.78, 5) is 0.0770. The van der Waals surface area contributed by atoms with Gasteiger partial charge in [0.2, 0.25) is 0 Å². The van der Waals surface area contributed by atoms with Gasteiger partial charge in [-0.15, -0.1) is 0 Å². The van der Waals surface area contributed by atoms with Crippen LogP contribution in [0.4, 0.5) is 5.69 Å². The topological polar surface area (TPSA) is 46.2 Å². The molecule has 0 bridgehead atoms. The molecule has 0 fully saturated rings. The maximum atomic E-state index is 12.1. The molecule has 3 nitrogen and oxygen atoms in total. The summed E-state index contributed by atoms with van der Waals surface area (Å²) in [6, 6.07) is 13.5. The summed E-state index contributed by atoms with van der Waals surface area (Å²) in [6.45, 7) is 1.90. The molecular weight excluding hydrogens is 270 g/mol. The Morgan fingerprint density at radius 1 is 1.06 bits per heavy atom. The molecule has 0 saturated heterocycles. The van der Waals surface area contributed by atoms with Crippen LogP contribution in [0.5, 0.6) is 0 Å². The third kappa shape index (κ3) is 2.83. The number of hydrogen-bond donors (Lipinski definition) is 1. The van der Waals surface area contributed by atoms with Gasteiger partial charge in [-0.25, -0.2) is 8.42 Å². The van der Waals surface area contributed by atoms with E-state index >= 15 is 0 Å². The Hall–Kier alpha value is -1.52. The fourth-order valence-electron chi connectivity index (χ4n) is 1.58. The zero-order valence-electron chi connectivity index (χ0n) is 9.72. The molecule has 2 aromatic carbocycles. The van der Waals surface area contributed by atoms with E-state index in [1.54, 1.807) is 36.4 Å². The van der Waals surface area contributed by atoms with Gasteiger partial charge in [0.15, 0.2) is 0 Å². The number of benzene rings is 2. The Kier molecular flexibility index (Phi) is 3.59. The van der Waals surface area contributed by atoms with Crippen LogP contribution < -0.4 is 4.72 Å². The summed E-state index contributed by atoms with van der Waals surface area (Å²) in [6.07, 6.45) is 0. The minimum absolute atomic E-state index is 0.0770. The van der Waals surface area contributed by atoms with Crippen molar-refractivity contribution in [1.82, 2.24) is 0 Å². The number of anilines is 1. The van der Waals surface area contributed by atoms with Crippen molar-refractivity contribution in [2.24, 2.45) is 0 Å². The highest BCUT2D eigenvalue weighted by atomic mass is 35.5. The van der Waals surface area contributed by atoms with Gasteiger partial charge in [-0.2, -0.15) is 0 Å². The first-order chi connectivity index (χ1) is 8.49. The molecule has 0 unspecified atom stereocenters. The molecule has 2 aromatic rings. The van der Waals surface area contributed by atoms with Gasteiger partial charge in [0.25, 0.3) is 10.0 Å². The van der Waals surface area contributed by atoms with Crippen molar-refractivity contribution in [3.63, 3.8) is 0 Å². The van der Waals surface area contributed by atoms with E-state index in [0.717, 1.165) is 5.56 Å². The van der Waals surface area contributed by atoms with Crippen LogP contribution in [0.1, 0.15) is 5.56 Å². The SMILES string of the molecule is Cc1cccc(NS(=O)(=O)c2ccccc2Cl)c1. The average molecular weight is 282 g/mol. The Balaban J connectivity index is 2.37. The molecule has 0 heterocycles. The molecule has 0 aliphatic heterocycles. The fraction of sp³-hybridized carbons (Fsp3) is 0.0769. The number of halogens is 1. The molecule has 94 valence electrons. The fourth-order valence-corrected chi connectivity index (χ4v) is 3.15.